The van der Waals surface area contributed by atoms with Crippen molar-refractivity contribution in [3.05, 3.63) is 61.5 Å². The molecular formula is C16H8Cl5F3O2. The third-order valence-electron chi connectivity index (χ3n) is 2.92. The summed E-state index contributed by atoms with van der Waals surface area (Å²) in [4.78, 5) is 0. The molecule has 2 aromatic carbocycles. The van der Waals surface area contributed by atoms with Gasteiger partial charge in [-0.3, -0.25) is 0 Å². The van der Waals surface area contributed by atoms with Crippen LogP contribution in [0, 0.1) is 0 Å². The van der Waals surface area contributed by atoms with Gasteiger partial charge in [-0.25, -0.2) is 0 Å². The molecule has 0 saturated heterocycles. The standard InChI is InChI=1S/C16H8Cl5F3O2/c17-10-5-8(16(22,23)24)1-2-13(10)26-9-6-11(18)15(12(19)7-9)25-4-3-14(20)21/h1-3,5-7H,4H2. The highest BCUT2D eigenvalue weighted by molar-refractivity contribution is 6.55. The van der Waals surface area contributed by atoms with E-state index in [0.717, 1.165) is 18.2 Å². The summed E-state index contributed by atoms with van der Waals surface area (Å²) in [5.74, 6) is 0.349. The van der Waals surface area contributed by atoms with E-state index in [1.807, 2.05) is 0 Å². The van der Waals surface area contributed by atoms with Crippen LogP contribution in [0.4, 0.5) is 13.2 Å². The van der Waals surface area contributed by atoms with E-state index in [1.54, 1.807) is 0 Å². The lowest BCUT2D eigenvalue weighted by Gasteiger charge is -2.13. The van der Waals surface area contributed by atoms with Crippen molar-refractivity contribution in [2.75, 3.05) is 6.61 Å². The van der Waals surface area contributed by atoms with Crippen molar-refractivity contribution >= 4 is 58.0 Å². The molecule has 2 rings (SSSR count). The summed E-state index contributed by atoms with van der Waals surface area (Å²) in [6, 6.07) is 5.47. The van der Waals surface area contributed by atoms with Crippen molar-refractivity contribution in [2.45, 2.75) is 6.18 Å². The molecule has 0 amide bonds. The maximum Gasteiger partial charge on any atom is 0.416 e. The smallest absolute Gasteiger partial charge is 0.416 e. The predicted molar refractivity (Wildman–Crippen MR) is 98.3 cm³/mol. The van der Waals surface area contributed by atoms with Gasteiger partial charge in [0.1, 0.15) is 22.6 Å². The minimum absolute atomic E-state index is 0.0114. The lowest BCUT2D eigenvalue weighted by atomic mass is 10.2. The van der Waals surface area contributed by atoms with E-state index in [9.17, 15) is 13.2 Å². The first kappa shape index (κ1) is 21.3. The molecule has 140 valence electrons. The van der Waals surface area contributed by atoms with E-state index in [-0.39, 0.29) is 43.4 Å². The third kappa shape index (κ3) is 5.76. The van der Waals surface area contributed by atoms with Crippen molar-refractivity contribution in [3.63, 3.8) is 0 Å². The average molecular weight is 466 g/mol. The van der Waals surface area contributed by atoms with Crippen LogP contribution in [-0.4, -0.2) is 6.61 Å². The van der Waals surface area contributed by atoms with Gasteiger partial charge in [0.2, 0.25) is 0 Å². The predicted octanol–water partition coefficient (Wildman–Crippen LogP) is 8.16. The normalized spacial score (nSPS) is 11.2. The maximum absolute atomic E-state index is 12.7. The Bertz CT molecular complexity index is 810. The van der Waals surface area contributed by atoms with Gasteiger partial charge < -0.3 is 9.47 Å². The number of halogens is 8. The highest BCUT2D eigenvalue weighted by atomic mass is 35.5. The molecule has 2 aromatic rings. The average Bonchev–Trinajstić information content (AvgIpc) is 2.50. The van der Waals surface area contributed by atoms with Crippen molar-refractivity contribution in [1.82, 2.24) is 0 Å². The Morgan fingerprint density at radius 3 is 2.08 bits per heavy atom. The first-order valence-electron chi connectivity index (χ1n) is 6.75. The van der Waals surface area contributed by atoms with Crippen LogP contribution in [-0.2, 0) is 6.18 Å². The molecule has 0 bridgehead atoms. The molecule has 0 aliphatic carbocycles. The van der Waals surface area contributed by atoms with Crippen LogP contribution in [0.25, 0.3) is 0 Å². The van der Waals surface area contributed by atoms with E-state index < -0.39 is 11.7 Å². The van der Waals surface area contributed by atoms with Crippen LogP contribution in [0.1, 0.15) is 5.56 Å². The molecule has 26 heavy (non-hydrogen) atoms. The van der Waals surface area contributed by atoms with E-state index in [0.29, 0.717) is 0 Å². The molecule has 0 aliphatic heterocycles. The Kier molecular flexibility index (Phi) is 7.22. The first-order valence-corrected chi connectivity index (χ1v) is 8.64. The summed E-state index contributed by atoms with van der Waals surface area (Å²) in [5, 5.41) is 0.0264. The Balaban J connectivity index is 2.22. The molecule has 0 aliphatic rings. The van der Waals surface area contributed by atoms with Crippen LogP contribution in [0.2, 0.25) is 15.1 Å². The Morgan fingerprint density at radius 1 is 0.962 bits per heavy atom. The molecule has 10 heteroatoms. The molecule has 0 radical (unpaired) electrons. The van der Waals surface area contributed by atoms with Gasteiger partial charge in [0.15, 0.2) is 5.75 Å². The van der Waals surface area contributed by atoms with Crippen LogP contribution < -0.4 is 9.47 Å². The summed E-state index contributed by atoms with van der Waals surface area (Å²) in [7, 11) is 0. The SMILES string of the molecule is FC(F)(F)c1ccc(Oc2cc(Cl)c(OCC=C(Cl)Cl)c(Cl)c2)c(Cl)c1. The first-order chi connectivity index (χ1) is 12.1. The molecule has 0 atom stereocenters. The zero-order valence-electron chi connectivity index (χ0n) is 12.5. The number of ether oxygens (including phenoxy) is 2. The molecule has 2 nitrogen and oxygen atoms in total. The van der Waals surface area contributed by atoms with Gasteiger partial charge in [-0.05, 0) is 24.3 Å². The quantitative estimate of drug-likeness (QED) is 0.443. The number of hydrogen-bond acceptors (Lipinski definition) is 2. The Labute approximate surface area is 171 Å². The van der Waals surface area contributed by atoms with E-state index in [1.165, 1.54) is 18.2 Å². The molecule has 0 spiro atoms. The summed E-state index contributed by atoms with van der Waals surface area (Å²) in [6.45, 7) is 0.0344. The summed E-state index contributed by atoms with van der Waals surface area (Å²) in [5.41, 5.74) is -0.888. The highest BCUT2D eigenvalue weighted by Crippen LogP contribution is 2.40. The van der Waals surface area contributed by atoms with Crippen molar-refractivity contribution < 1.29 is 22.6 Å². The Morgan fingerprint density at radius 2 is 1.58 bits per heavy atom. The van der Waals surface area contributed by atoms with Gasteiger partial charge >= 0.3 is 6.18 Å². The highest BCUT2D eigenvalue weighted by Gasteiger charge is 2.31. The molecule has 0 saturated carbocycles. The lowest BCUT2D eigenvalue weighted by molar-refractivity contribution is -0.137. The number of alkyl halides is 3. The van der Waals surface area contributed by atoms with Crippen LogP contribution in [0.15, 0.2) is 40.9 Å². The summed E-state index contributed by atoms with van der Waals surface area (Å²) < 4.78 is 48.8. The van der Waals surface area contributed by atoms with Gasteiger partial charge in [-0.1, -0.05) is 58.0 Å². The zero-order valence-corrected chi connectivity index (χ0v) is 16.3. The monoisotopic (exact) mass is 464 g/mol. The number of hydrogen-bond donors (Lipinski definition) is 0. The summed E-state index contributed by atoms with van der Waals surface area (Å²) >= 11 is 29.0. The molecular weight excluding hydrogens is 458 g/mol. The molecule has 0 heterocycles. The maximum atomic E-state index is 12.7. The number of benzene rings is 2. The fourth-order valence-corrected chi connectivity index (χ4v) is 2.73. The fourth-order valence-electron chi connectivity index (χ4n) is 1.81. The van der Waals surface area contributed by atoms with Gasteiger partial charge in [0, 0.05) is 12.1 Å². The van der Waals surface area contributed by atoms with E-state index in [4.69, 9.17) is 67.5 Å². The second-order valence-corrected chi connectivity index (χ2v) is 7.00. The van der Waals surface area contributed by atoms with E-state index in [2.05, 4.69) is 0 Å². The van der Waals surface area contributed by atoms with Gasteiger partial charge in [0.05, 0.1) is 20.6 Å². The third-order valence-corrected chi connectivity index (χ3v) is 4.09. The topological polar surface area (TPSA) is 18.5 Å². The van der Waals surface area contributed by atoms with Crippen molar-refractivity contribution in [2.24, 2.45) is 0 Å². The minimum Gasteiger partial charge on any atom is -0.486 e. The second-order valence-electron chi connectivity index (χ2n) is 4.77. The van der Waals surface area contributed by atoms with Gasteiger partial charge in [-0.2, -0.15) is 13.2 Å². The lowest BCUT2D eigenvalue weighted by Crippen LogP contribution is -2.04. The molecule has 0 aromatic heterocycles. The second kappa shape index (κ2) is 8.81. The molecule has 0 N–H and O–H groups in total. The van der Waals surface area contributed by atoms with Gasteiger partial charge in [-0.15, -0.1) is 0 Å². The largest absolute Gasteiger partial charge is 0.486 e. The van der Waals surface area contributed by atoms with Crippen LogP contribution in [0.5, 0.6) is 17.2 Å². The summed E-state index contributed by atoms with van der Waals surface area (Å²) in [6.07, 6.45) is -3.11. The van der Waals surface area contributed by atoms with E-state index >= 15 is 0 Å². The van der Waals surface area contributed by atoms with Crippen LogP contribution >= 0.6 is 58.0 Å². The van der Waals surface area contributed by atoms with Crippen molar-refractivity contribution in [1.29, 1.82) is 0 Å². The minimum atomic E-state index is -4.51. The Hall–Kier alpha value is -0.980. The molecule has 0 unspecified atom stereocenters. The fraction of sp³-hybridized carbons (Fsp3) is 0.125. The van der Waals surface area contributed by atoms with Crippen LogP contribution in [0.3, 0.4) is 0 Å². The van der Waals surface area contributed by atoms with Gasteiger partial charge in [0.25, 0.3) is 0 Å². The zero-order chi connectivity index (χ0) is 19.5. The molecule has 0 fully saturated rings. The van der Waals surface area contributed by atoms with Crippen molar-refractivity contribution in [3.8, 4) is 17.2 Å². The number of rotatable bonds is 5.